The van der Waals surface area contributed by atoms with Crippen molar-refractivity contribution in [3.63, 3.8) is 0 Å². The molecular weight excluding hydrogens is 172 g/mol. The molecule has 0 aromatic carbocycles. The molecule has 2 heteroatoms. The molecule has 0 amide bonds. The summed E-state index contributed by atoms with van der Waals surface area (Å²) >= 11 is 0. The van der Waals surface area contributed by atoms with Crippen LogP contribution in [0.4, 0.5) is 0 Å². The molecule has 0 N–H and O–H groups in total. The Labute approximate surface area is 84.1 Å². The molecule has 0 radical (unpaired) electrons. The Bertz CT molecular complexity index is 393. The highest BCUT2D eigenvalue weighted by molar-refractivity contribution is 5.99. The van der Waals surface area contributed by atoms with Gasteiger partial charge in [0.25, 0.3) is 0 Å². The molecule has 2 heterocycles. The standard InChI is InChI=1S/C12H14N2/c1-3-9-6-7-12(14-10(9)4-1)11-5-2-8-13-11/h6-7H,1-5,8H2. The van der Waals surface area contributed by atoms with E-state index in [-0.39, 0.29) is 0 Å². The van der Waals surface area contributed by atoms with Crippen LogP contribution < -0.4 is 0 Å². The first-order valence-electron chi connectivity index (χ1n) is 5.46. The van der Waals surface area contributed by atoms with Crippen LogP contribution in [0.3, 0.4) is 0 Å². The SMILES string of the molecule is c1cc2c(nc1C1=NCCC1)CCC2. The molecule has 14 heavy (non-hydrogen) atoms. The molecule has 1 aromatic rings. The first kappa shape index (κ1) is 8.16. The lowest BCUT2D eigenvalue weighted by atomic mass is 10.1. The minimum absolute atomic E-state index is 0.994. The zero-order valence-corrected chi connectivity index (χ0v) is 8.29. The summed E-state index contributed by atoms with van der Waals surface area (Å²) in [5.74, 6) is 0. The Morgan fingerprint density at radius 3 is 2.86 bits per heavy atom. The fraction of sp³-hybridized carbons (Fsp3) is 0.500. The van der Waals surface area contributed by atoms with Gasteiger partial charge in [-0.1, -0.05) is 6.07 Å². The molecule has 1 aliphatic heterocycles. The van der Waals surface area contributed by atoms with Crippen LogP contribution in [0.15, 0.2) is 17.1 Å². The van der Waals surface area contributed by atoms with E-state index in [4.69, 9.17) is 4.98 Å². The van der Waals surface area contributed by atoms with E-state index >= 15 is 0 Å². The number of pyridine rings is 1. The fourth-order valence-corrected chi connectivity index (χ4v) is 2.33. The van der Waals surface area contributed by atoms with E-state index in [1.54, 1.807) is 0 Å². The first-order chi connectivity index (χ1) is 6.93. The third-order valence-corrected chi connectivity index (χ3v) is 3.10. The van der Waals surface area contributed by atoms with Gasteiger partial charge in [0.15, 0.2) is 0 Å². The smallest absolute Gasteiger partial charge is 0.0843 e. The molecule has 0 saturated carbocycles. The highest BCUT2D eigenvalue weighted by Crippen LogP contribution is 2.21. The largest absolute Gasteiger partial charge is 0.288 e. The number of aryl methyl sites for hydroxylation is 2. The summed E-state index contributed by atoms with van der Waals surface area (Å²) in [5.41, 5.74) is 5.12. The lowest BCUT2D eigenvalue weighted by Crippen LogP contribution is -2.02. The Hall–Kier alpha value is -1.18. The molecule has 1 aromatic heterocycles. The van der Waals surface area contributed by atoms with Gasteiger partial charge in [-0.15, -0.1) is 0 Å². The summed E-state index contributed by atoms with van der Waals surface area (Å²) < 4.78 is 0. The summed E-state index contributed by atoms with van der Waals surface area (Å²) in [7, 11) is 0. The van der Waals surface area contributed by atoms with Gasteiger partial charge in [0.1, 0.15) is 0 Å². The Kier molecular flexibility index (Phi) is 1.86. The average Bonchev–Trinajstić information content (AvgIpc) is 2.88. The third kappa shape index (κ3) is 1.26. The van der Waals surface area contributed by atoms with Crippen LogP contribution in [0.25, 0.3) is 0 Å². The van der Waals surface area contributed by atoms with E-state index in [0.29, 0.717) is 0 Å². The van der Waals surface area contributed by atoms with Crippen molar-refractivity contribution in [2.75, 3.05) is 6.54 Å². The minimum Gasteiger partial charge on any atom is -0.288 e. The van der Waals surface area contributed by atoms with Crippen LogP contribution in [0.2, 0.25) is 0 Å². The minimum atomic E-state index is 0.994. The average molecular weight is 186 g/mol. The van der Waals surface area contributed by atoms with E-state index in [1.165, 1.54) is 36.2 Å². The maximum atomic E-state index is 4.70. The van der Waals surface area contributed by atoms with Crippen LogP contribution in [0.5, 0.6) is 0 Å². The summed E-state index contributed by atoms with van der Waals surface area (Å²) in [4.78, 5) is 9.19. The van der Waals surface area contributed by atoms with Crippen molar-refractivity contribution in [3.05, 3.63) is 29.1 Å². The number of hydrogen-bond acceptors (Lipinski definition) is 2. The van der Waals surface area contributed by atoms with E-state index < -0.39 is 0 Å². The maximum absolute atomic E-state index is 4.70. The van der Waals surface area contributed by atoms with Gasteiger partial charge in [0, 0.05) is 12.2 Å². The highest BCUT2D eigenvalue weighted by atomic mass is 14.8. The molecule has 72 valence electrons. The first-order valence-corrected chi connectivity index (χ1v) is 5.46. The molecule has 0 saturated heterocycles. The van der Waals surface area contributed by atoms with Crippen LogP contribution in [0.1, 0.15) is 36.2 Å². The molecule has 0 atom stereocenters. The summed E-state index contributed by atoms with van der Waals surface area (Å²) in [6.45, 7) is 0.994. The Morgan fingerprint density at radius 2 is 2.00 bits per heavy atom. The summed E-state index contributed by atoms with van der Waals surface area (Å²) in [6.07, 6.45) is 5.98. The summed E-state index contributed by atoms with van der Waals surface area (Å²) in [6, 6.07) is 4.39. The van der Waals surface area contributed by atoms with Crippen molar-refractivity contribution in [1.82, 2.24) is 4.98 Å². The van der Waals surface area contributed by atoms with E-state index in [0.717, 1.165) is 25.1 Å². The maximum Gasteiger partial charge on any atom is 0.0843 e. The van der Waals surface area contributed by atoms with E-state index in [1.807, 2.05) is 0 Å². The highest BCUT2D eigenvalue weighted by Gasteiger charge is 2.15. The van der Waals surface area contributed by atoms with Crippen molar-refractivity contribution >= 4 is 5.71 Å². The predicted molar refractivity (Wildman–Crippen MR) is 56.9 cm³/mol. The van der Waals surface area contributed by atoms with Gasteiger partial charge >= 0.3 is 0 Å². The topological polar surface area (TPSA) is 25.2 Å². The van der Waals surface area contributed by atoms with Gasteiger partial charge in [-0.3, -0.25) is 9.98 Å². The molecule has 0 spiro atoms. The van der Waals surface area contributed by atoms with Crippen molar-refractivity contribution in [2.24, 2.45) is 4.99 Å². The molecular formula is C12H14N2. The van der Waals surface area contributed by atoms with Gasteiger partial charge in [0.05, 0.1) is 11.4 Å². The number of fused-ring (bicyclic) bond motifs is 1. The van der Waals surface area contributed by atoms with E-state index in [2.05, 4.69) is 17.1 Å². The quantitative estimate of drug-likeness (QED) is 0.659. The fourth-order valence-electron chi connectivity index (χ4n) is 2.33. The Balaban J connectivity index is 2.00. The van der Waals surface area contributed by atoms with Gasteiger partial charge in [-0.25, -0.2) is 0 Å². The summed E-state index contributed by atoms with van der Waals surface area (Å²) in [5, 5.41) is 0. The molecule has 2 nitrogen and oxygen atoms in total. The van der Waals surface area contributed by atoms with Crippen molar-refractivity contribution in [3.8, 4) is 0 Å². The Morgan fingerprint density at radius 1 is 1.00 bits per heavy atom. The number of aliphatic imine (C=N–C) groups is 1. The van der Waals surface area contributed by atoms with Gasteiger partial charge in [-0.2, -0.15) is 0 Å². The lowest BCUT2D eigenvalue weighted by Gasteiger charge is -2.03. The second-order valence-corrected chi connectivity index (χ2v) is 4.09. The third-order valence-electron chi connectivity index (χ3n) is 3.10. The predicted octanol–water partition coefficient (Wildman–Crippen LogP) is 2.15. The van der Waals surface area contributed by atoms with Crippen LogP contribution >= 0.6 is 0 Å². The molecule has 0 bridgehead atoms. The number of nitrogens with zero attached hydrogens (tertiary/aromatic N) is 2. The van der Waals surface area contributed by atoms with Gasteiger partial charge in [-0.05, 0) is 43.7 Å². The molecule has 2 aliphatic rings. The van der Waals surface area contributed by atoms with Crippen LogP contribution in [0, 0.1) is 0 Å². The van der Waals surface area contributed by atoms with Crippen molar-refractivity contribution < 1.29 is 0 Å². The zero-order chi connectivity index (χ0) is 9.38. The normalized spacial score (nSPS) is 19.6. The van der Waals surface area contributed by atoms with Crippen molar-refractivity contribution in [1.29, 1.82) is 0 Å². The second-order valence-electron chi connectivity index (χ2n) is 4.09. The second kappa shape index (κ2) is 3.19. The van der Waals surface area contributed by atoms with Gasteiger partial charge in [0.2, 0.25) is 0 Å². The molecule has 1 aliphatic carbocycles. The van der Waals surface area contributed by atoms with E-state index in [9.17, 15) is 0 Å². The van der Waals surface area contributed by atoms with Crippen molar-refractivity contribution in [2.45, 2.75) is 32.1 Å². The number of aromatic nitrogens is 1. The van der Waals surface area contributed by atoms with Gasteiger partial charge < -0.3 is 0 Å². The van der Waals surface area contributed by atoms with Crippen LogP contribution in [-0.4, -0.2) is 17.2 Å². The molecule has 3 rings (SSSR count). The zero-order valence-electron chi connectivity index (χ0n) is 8.29. The molecule has 0 fully saturated rings. The monoisotopic (exact) mass is 186 g/mol. The molecule has 0 unspecified atom stereocenters. The number of hydrogen-bond donors (Lipinski definition) is 0. The van der Waals surface area contributed by atoms with Crippen LogP contribution in [-0.2, 0) is 12.8 Å². The number of rotatable bonds is 1. The lowest BCUT2D eigenvalue weighted by molar-refractivity contribution is 0.898.